The largest absolute Gasteiger partial charge is 0.414 e. The monoisotopic (exact) mass is 296 g/mol. The molecule has 0 bridgehead atoms. The van der Waals surface area contributed by atoms with Crippen LogP contribution in [-0.4, -0.2) is 37.8 Å². The van der Waals surface area contributed by atoms with Gasteiger partial charge in [0, 0.05) is 5.41 Å². The molecule has 8 heteroatoms. The number of halogens is 6. The fraction of sp³-hybridized carbons (Fsp3) is 1.00. The van der Waals surface area contributed by atoms with Gasteiger partial charge >= 0.3 is 12.4 Å². The maximum Gasteiger partial charge on any atom is 0.414 e. The van der Waals surface area contributed by atoms with Crippen molar-refractivity contribution in [3.63, 3.8) is 0 Å². The second kappa shape index (κ2) is 6.30. The van der Waals surface area contributed by atoms with Crippen LogP contribution in [0.15, 0.2) is 0 Å². The predicted molar refractivity (Wildman–Crippen MR) is 56.7 cm³/mol. The summed E-state index contributed by atoms with van der Waals surface area (Å²) in [5.74, 6) is 0. The van der Waals surface area contributed by atoms with Crippen LogP contribution < -0.4 is 0 Å². The molecule has 0 aromatic heterocycles. The van der Waals surface area contributed by atoms with Gasteiger partial charge in [-0.15, -0.1) is 0 Å². The van der Waals surface area contributed by atoms with Crippen molar-refractivity contribution in [2.45, 2.75) is 52.3 Å². The summed E-state index contributed by atoms with van der Waals surface area (Å²) in [6.45, 7) is 3.93. The van der Waals surface area contributed by atoms with Crippen LogP contribution in [0.5, 0.6) is 0 Å². The molecule has 2 unspecified atom stereocenters. The van der Waals surface area contributed by atoms with E-state index in [0.29, 0.717) is 0 Å². The Labute approximate surface area is 108 Å². The molecule has 116 valence electrons. The Morgan fingerprint density at radius 3 is 1.21 bits per heavy atom. The van der Waals surface area contributed by atoms with Gasteiger partial charge in [-0.25, -0.2) is 0 Å². The molecule has 2 atom stereocenters. The third kappa shape index (κ3) is 7.61. The standard InChI is InChI=1S/C11H18F6O2/c1-7(10(12,13)14)18-5-9(3,4)6-19-8(2)11(15,16)17/h7-8H,5-6H2,1-4H3. The third-order valence-electron chi connectivity index (χ3n) is 2.37. The number of hydrogen-bond donors (Lipinski definition) is 0. The molecule has 0 amide bonds. The highest BCUT2D eigenvalue weighted by molar-refractivity contribution is 4.72. The van der Waals surface area contributed by atoms with E-state index in [4.69, 9.17) is 0 Å². The zero-order chi connectivity index (χ0) is 15.5. The molecule has 0 aromatic rings. The Kier molecular flexibility index (Phi) is 6.13. The van der Waals surface area contributed by atoms with E-state index in [1.165, 1.54) is 13.8 Å². The second-order valence-corrected chi connectivity index (χ2v) is 5.15. The molecule has 0 N–H and O–H groups in total. The van der Waals surface area contributed by atoms with Gasteiger partial charge in [-0.2, -0.15) is 26.3 Å². The molecule has 0 radical (unpaired) electrons. The molecule has 19 heavy (non-hydrogen) atoms. The molecule has 0 aliphatic rings. The lowest BCUT2D eigenvalue weighted by Gasteiger charge is -2.28. The summed E-state index contributed by atoms with van der Waals surface area (Å²) < 4.78 is 82.3. The molecule has 0 spiro atoms. The number of hydrogen-bond acceptors (Lipinski definition) is 2. The molecule has 0 aliphatic carbocycles. The Balaban J connectivity index is 4.20. The van der Waals surface area contributed by atoms with Gasteiger partial charge < -0.3 is 9.47 Å². The lowest BCUT2D eigenvalue weighted by molar-refractivity contribution is -0.234. The van der Waals surface area contributed by atoms with E-state index in [1.54, 1.807) is 0 Å². The average Bonchev–Trinajstić information content (AvgIpc) is 2.20. The summed E-state index contributed by atoms with van der Waals surface area (Å²) >= 11 is 0. The molecule has 0 fully saturated rings. The van der Waals surface area contributed by atoms with Gasteiger partial charge in [0.15, 0.2) is 12.2 Å². The van der Waals surface area contributed by atoms with E-state index in [0.717, 1.165) is 13.8 Å². The molecular weight excluding hydrogens is 278 g/mol. The lowest BCUT2D eigenvalue weighted by atomic mass is 9.96. The molecule has 2 nitrogen and oxygen atoms in total. The van der Waals surface area contributed by atoms with Crippen LogP contribution in [-0.2, 0) is 9.47 Å². The Morgan fingerprint density at radius 2 is 1.00 bits per heavy atom. The summed E-state index contributed by atoms with van der Waals surface area (Å²) in [6, 6.07) is 0. The Morgan fingerprint density at radius 1 is 0.737 bits per heavy atom. The van der Waals surface area contributed by atoms with Crippen LogP contribution >= 0.6 is 0 Å². The number of alkyl halides is 6. The van der Waals surface area contributed by atoms with Gasteiger partial charge in [0.05, 0.1) is 13.2 Å². The molecular formula is C11H18F6O2. The first-order valence-electron chi connectivity index (χ1n) is 5.62. The number of ether oxygens (including phenoxy) is 2. The summed E-state index contributed by atoms with van der Waals surface area (Å²) in [6.07, 6.45) is -12.9. The van der Waals surface area contributed by atoms with Gasteiger partial charge in [0.25, 0.3) is 0 Å². The van der Waals surface area contributed by atoms with Crippen molar-refractivity contribution in [3.05, 3.63) is 0 Å². The highest BCUT2D eigenvalue weighted by Crippen LogP contribution is 2.27. The summed E-state index contributed by atoms with van der Waals surface area (Å²) in [5, 5.41) is 0. The van der Waals surface area contributed by atoms with Crippen molar-refractivity contribution in [1.29, 1.82) is 0 Å². The maximum absolute atomic E-state index is 12.2. The first-order chi connectivity index (χ1) is 8.26. The maximum atomic E-state index is 12.2. The van der Waals surface area contributed by atoms with Gasteiger partial charge in [-0.05, 0) is 13.8 Å². The highest BCUT2D eigenvalue weighted by Gasteiger charge is 2.40. The van der Waals surface area contributed by atoms with Gasteiger partial charge in [0.2, 0.25) is 0 Å². The van der Waals surface area contributed by atoms with E-state index in [-0.39, 0.29) is 13.2 Å². The van der Waals surface area contributed by atoms with Crippen LogP contribution in [0.25, 0.3) is 0 Å². The minimum Gasteiger partial charge on any atom is -0.368 e. The second-order valence-electron chi connectivity index (χ2n) is 5.15. The van der Waals surface area contributed by atoms with Crippen LogP contribution in [0.2, 0.25) is 0 Å². The normalized spacial score (nSPS) is 17.4. The molecule has 0 aromatic carbocycles. The van der Waals surface area contributed by atoms with E-state index in [2.05, 4.69) is 9.47 Å². The fourth-order valence-electron chi connectivity index (χ4n) is 0.932. The first-order valence-corrected chi connectivity index (χ1v) is 5.62. The van der Waals surface area contributed by atoms with Crippen molar-refractivity contribution in [2.75, 3.05) is 13.2 Å². The van der Waals surface area contributed by atoms with Crippen LogP contribution in [0.1, 0.15) is 27.7 Å². The molecule has 0 rings (SSSR count). The third-order valence-corrected chi connectivity index (χ3v) is 2.37. The van der Waals surface area contributed by atoms with Crippen molar-refractivity contribution >= 4 is 0 Å². The Hall–Kier alpha value is -0.500. The Bertz CT molecular complexity index is 245. The minimum absolute atomic E-state index is 0.349. The van der Waals surface area contributed by atoms with E-state index < -0.39 is 30.0 Å². The smallest absolute Gasteiger partial charge is 0.368 e. The van der Waals surface area contributed by atoms with Crippen molar-refractivity contribution < 1.29 is 35.8 Å². The number of rotatable bonds is 6. The molecule has 0 heterocycles. The lowest BCUT2D eigenvalue weighted by Crippen LogP contribution is -2.37. The quantitative estimate of drug-likeness (QED) is 0.691. The van der Waals surface area contributed by atoms with Crippen molar-refractivity contribution in [2.24, 2.45) is 5.41 Å². The summed E-state index contributed by atoms with van der Waals surface area (Å²) in [5.41, 5.74) is -0.945. The minimum atomic E-state index is -4.49. The van der Waals surface area contributed by atoms with Gasteiger partial charge in [0.1, 0.15) is 0 Å². The summed E-state index contributed by atoms with van der Waals surface area (Å²) in [7, 11) is 0. The topological polar surface area (TPSA) is 18.5 Å². The zero-order valence-electron chi connectivity index (χ0n) is 11.2. The van der Waals surface area contributed by atoms with E-state index >= 15 is 0 Å². The molecule has 0 saturated heterocycles. The fourth-order valence-corrected chi connectivity index (χ4v) is 0.932. The highest BCUT2D eigenvalue weighted by atomic mass is 19.4. The summed E-state index contributed by atoms with van der Waals surface area (Å²) in [4.78, 5) is 0. The van der Waals surface area contributed by atoms with E-state index in [9.17, 15) is 26.3 Å². The zero-order valence-corrected chi connectivity index (χ0v) is 11.2. The van der Waals surface area contributed by atoms with E-state index in [1.807, 2.05) is 0 Å². The average molecular weight is 296 g/mol. The first kappa shape index (κ1) is 18.5. The van der Waals surface area contributed by atoms with Crippen molar-refractivity contribution in [1.82, 2.24) is 0 Å². The van der Waals surface area contributed by atoms with Crippen LogP contribution in [0.4, 0.5) is 26.3 Å². The van der Waals surface area contributed by atoms with Crippen LogP contribution in [0, 0.1) is 5.41 Å². The van der Waals surface area contributed by atoms with Gasteiger partial charge in [-0.3, -0.25) is 0 Å². The molecule has 0 saturated carbocycles. The van der Waals surface area contributed by atoms with Crippen LogP contribution in [0.3, 0.4) is 0 Å². The SMILES string of the molecule is CC(OCC(C)(C)COC(C)C(F)(F)F)C(F)(F)F. The van der Waals surface area contributed by atoms with Crippen molar-refractivity contribution in [3.8, 4) is 0 Å². The molecule has 0 aliphatic heterocycles. The predicted octanol–water partition coefficient (Wildman–Crippen LogP) is 3.95. The van der Waals surface area contributed by atoms with Gasteiger partial charge in [-0.1, -0.05) is 13.8 Å².